The first-order valence-electron chi connectivity index (χ1n) is 8.64. The molecule has 28 heavy (non-hydrogen) atoms. The van der Waals surface area contributed by atoms with Gasteiger partial charge in [-0.05, 0) is 50.6 Å². The van der Waals surface area contributed by atoms with Crippen molar-refractivity contribution < 1.29 is 12.8 Å². The fraction of sp³-hybridized carbons (Fsp3) is 0.316. The zero-order chi connectivity index (χ0) is 20.8. The van der Waals surface area contributed by atoms with Gasteiger partial charge in [0.2, 0.25) is 16.0 Å². The van der Waals surface area contributed by atoms with Crippen LogP contribution in [0.1, 0.15) is 25.5 Å². The van der Waals surface area contributed by atoms with Crippen LogP contribution in [0.2, 0.25) is 0 Å². The Kier molecular flexibility index (Phi) is 4.97. The SMILES string of the molecule is Cc1cc(F)ccc1-c1nc(N(C)S(C)(=O)=O)nc2c1ccc(=O)n2C(C)C. The second-order valence-electron chi connectivity index (χ2n) is 6.93. The Balaban J connectivity index is 2.48. The summed E-state index contributed by atoms with van der Waals surface area (Å²) < 4.78 is 40.1. The Morgan fingerprint density at radius 2 is 1.82 bits per heavy atom. The van der Waals surface area contributed by atoms with Crippen LogP contribution in [0.15, 0.2) is 35.1 Å². The van der Waals surface area contributed by atoms with E-state index in [0.29, 0.717) is 27.9 Å². The molecular formula is C19H21FN4O3S. The Hall–Kier alpha value is -2.81. The maximum absolute atomic E-state index is 13.6. The summed E-state index contributed by atoms with van der Waals surface area (Å²) in [6, 6.07) is 7.11. The molecule has 0 amide bonds. The summed E-state index contributed by atoms with van der Waals surface area (Å²) in [5, 5.41) is 0.577. The van der Waals surface area contributed by atoms with Gasteiger partial charge < -0.3 is 0 Å². The normalized spacial score (nSPS) is 12.0. The molecule has 0 fully saturated rings. The number of hydrogen-bond acceptors (Lipinski definition) is 5. The van der Waals surface area contributed by atoms with Crippen LogP contribution >= 0.6 is 0 Å². The van der Waals surface area contributed by atoms with Crippen molar-refractivity contribution >= 4 is 27.0 Å². The fourth-order valence-electron chi connectivity index (χ4n) is 3.01. The number of pyridine rings is 1. The van der Waals surface area contributed by atoms with E-state index in [4.69, 9.17) is 0 Å². The standard InChI is InChI=1S/C19H21FN4O3S/c1-11(2)24-16(25)9-8-15-17(14-7-6-13(20)10-12(14)3)21-19(22-18(15)24)23(4)28(5,26)27/h6-11H,1-5H3. The van der Waals surface area contributed by atoms with Crippen molar-refractivity contribution in [3.05, 3.63) is 52.1 Å². The van der Waals surface area contributed by atoms with Crippen molar-refractivity contribution in [2.24, 2.45) is 0 Å². The van der Waals surface area contributed by atoms with E-state index in [0.717, 1.165) is 10.6 Å². The largest absolute Gasteiger partial charge is 0.290 e. The summed E-state index contributed by atoms with van der Waals surface area (Å²) in [6.07, 6.45) is 1.05. The van der Waals surface area contributed by atoms with E-state index in [-0.39, 0.29) is 23.4 Å². The van der Waals surface area contributed by atoms with E-state index in [9.17, 15) is 17.6 Å². The summed E-state index contributed by atoms with van der Waals surface area (Å²) in [6.45, 7) is 5.42. The van der Waals surface area contributed by atoms with Crippen LogP contribution in [0.5, 0.6) is 0 Å². The minimum absolute atomic E-state index is 0.0614. The van der Waals surface area contributed by atoms with Crippen molar-refractivity contribution in [2.75, 3.05) is 17.6 Å². The summed E-state index contributed by atoms with van der Waals surface area (Å²) >= 11 is 0. The summed E-state index contributed by atoms with van der Waals surface area (Å²) in [4.78, 5) is 21.3. The van der Waals surface area contributed by atoms with Crippen LogP contribution in [0.25, 0.3) is 22.3 Å². The monoisotopic (exact) mass is 404 g/mol. The molecule has 9 heteroatoms. The number of sulfonamides is 1. The first-order valence-corrected chi connectivity index (χ1v) is 10.5. The van der Waals surface area contributed by atoms with Crippen molar-refractivity contribution in [1.82, 2.24) is 14.5 Å². The predicted octanol–water partition coefficient (Wildman–Crippen LogP) is 2.88. The maximum atomic E-state index is 13.6. The van der Waals surface area contributed by atoms with Gasteiger partial charge >= 0.3 is 0 Å². The maximum Gasteiger partial charge on any atom is 0.252 e. The van der Waals surface area contributed by atoms with Crippen LogP contribution in [0.4, 0.5) is 10.3 Å². The van der Waals surface area contributed by atoms with Crippen molar-refractivity contribution in [1.29, 1.82) is 0 Å². The van der Waals surface area contributed by atoms with Gasteiger partial charge in [-0.2, -0.15) is 4.98 Å². The van der Waals surface area contributed by atoms with Gasteiger partial charge in [-0.3, -0.25) is 9.36 Å². The van der Waals surface area contributed by atoms with E-state index < -0.39 is 10.0 Å². The topological polar surface area (TPSA) is 85.2 Å². The minimum Gasteiger partial charge on any atom is -0.290 e. The number of nitrogens with zero attached hydrogens (tertiary/aromatic N) is 4. The molecule has 0 N–H and O–H groups in total. The predicted molar refractivity (Wildman–Crippen MR) is 108 cm³/mol. The molecular weight excluding hydrogens is 383 g/mol. The number of fused-ring (bicyclic) bond motifs is 1. The summed E-state index contributed by atoms with van der Waals surface area (Å²) in [5.41, 5.74) is 1.77. The van der Waals surface area contributed by atoms with Gasteiger partial charge in [0.05, 0.1) is 11.9 Å². The third-order valence-electron chi connectivity index (χ3n) is 4.51. The van der Waals surface area contributed by atoms with Crippen molar-refractivity contribution in [2.45, 2.75) is 26.8 Å². The van der Waals surface area contributed by atoms with Gasteiger partial charge in [0.25, 0.3) is 5.56 Å². The van der Waals surface area contributed by atoms with Crippen LogP contribution in [-0.2, 0) is 10.0 Å². The number of anilines is 1. The highest BCUT2D eigenvalue weighted by Gasteiger charge is 2.21. The Bertz CT molecular complexity index is 1240. The zero-order valence-electron chi connectivity index (χ0n) is 16.3. The average molecular weight is 404 g/mol. The first-order chi connectivity index (χ1) is 13.0. The van der Waals surface area contributed by atoms with Gasteiger partial charge in [0.15, 0.2) is 0 Å². The fourth-order valence-corrected chi connectivity index (χ4v) is 3.39. The highest BCUT2D eigenvalue weighted by atomic mass is 32.2. The molecule has 0 bridgehead atoms. The number of hydrogen-bond donors (Lipinski definition) is 0. The molecule has 7 nitrogen and oxygen atoms in total. The molecule has 3 rings (SSSR count). The third-order valence-corrected chi connectivity index (χ3v) is 5.67. The number of aryl methyl sites for hydroxylation is 1. The van der Waals surface area contributed by atoms with Crippen LogP contribution in [0, 0.1) is 12.7 Å². The molecule has 2 aromatic heterocycles. The molecule has 3 aromatic rings. The van der Waals surface area contributed by atoms with E-state index in [2.05, 4.69) is 9.97 Å². The molecule has 0 aliphatic carbocycles. The highest BCUT2D eigenvalue weighted by Crippen LogP contribution is 2.31. The lowest BCUT2D eigenvalue weighted by Gasteiger charge is -2.20. The molecule has 0 saturated heterocycles. The number of aromatic nitrogens is 3. The quantitative estimate of drug-likeness (QED) is 0.668. The molecule has 1 aromatic carbocycles. The first kappa shape index (κ1) is 19.9. The van der Waals surface area contributed by atoms with E-state index >= 15 is 0 Å². The Labute approximate surface area is 162 Å². The summed E-state index contributed by atoms with van der Waals surface area (Å²) in [5.74, 6) is -0.444. The molecule has 0 spiro atoms. The number of halogens is 1. The Morgan fingerprint density at radius 1 is 1.14 bits per heavy atom. The zero-order valence-corrected chi connectivity index (χ0v) is 17.1. The average Bonchev–Trinajstić information content (AvgIpc) is 2.58. The molecule has 0 saturated carbocycles. The molecule has 0 atom stereocenters. The number of benzene rings is 1. The molecule has 0 radical (unpaired) electrons. The smallest absolute Gasteiger partial charge is 0.252 e. The molecule has 2 heterocycles. The van der Waals surface area contributed by atoms with Gasteiger partial charge in [0, 0.05) is 30.1 Å². The lowest BCUT2D eigenvalue weighted by Crippen LogP contribution is -2.28. The van der Waals surface area contributed by atoms with Gasteiger partial charge in [-0.25, -0.2) is 22.1 Å². The van der Waals surface area contributed by atoms with Crippen molar-refractivity contribution in [3.63, 3.8) is 0 Å². The second kappa shape index (κ2) is 6.97. The summed E-state index contributed by atoms with van der Waals surface area (Å²) in [7, 11) is -2.28. The van der Waals surface area contributed by atoms with Crippen molar-refractivity contribution in [3.8, 4) is 11.3 Å². The lowest BCUT2D eigenvalue weighted by atomic mass is 10.0. The molecule has 148 valence electrons. The van der Waals surface area contributed by atoms with Crippen LogP contribution in [-0.4, -0.2) is 36.3 Å². The molecule has 0 aliphatic heterocycles. The Morgan fingerprint density at radius 3 is 2.39 bits per heavy atom. The van der Waals surface area contributed by atoms with E-state index in [1.54, 1.807) is 19.1 Å². The molecule has 0 aliphatic rings. The van der Waals surface area contributed by atoms with Gasteiger partial charge in [-0.1, -0.05) is 0 Å². The van der Waals surface area contributed by atoms with E-state index in [1.165, 1.54) is 29.8 Å². The van der Waals surface area contributed by atoms with E-state index in [1.807, 2.05) is 13.8 Å². The minimum atomic E-state index is -3.62. The lowest BCUT2D eigenvalue weighted by molar-refractivity contribution is 0.593. The highest BCUT2D eigenvalue weighted by molar-refractivity contribution is 7.92. The van der Waals surface area contributed by atoms with Gasteiger partial charge in [-0.15, -0.1) is 0 Å². The van der Waals surface area contributed by atoms with Gasteiger partial charge in [0.1, 0.15) is 11.5 Å². The van der Waals surface area contributed by atoms with Crippen LogP contribution < -0.4 is 9.86 Å². The number of rotatable bonds is 4. The molecule has 0 unspecified atom stereocenters. The third kappa shape index (κ3) is 3.49. The van der Waals surface area contributed by atoms with Crippen LogP contribution in [0.3, 0.4) is 0 Å². The second-order valence-corrected chi connectivity index (χ2v) is 8.95.